The van der Waals surface area contributed by atoms with Gasteiger partial charge in [-0.25, -0.2) is 0 Å². The molecule has 0 spiro atoms. The van der Waals surface area contributed by atoms with Gasteiger partial charge in [-0.3, -0.25) is 14.3 Å². The number of hydrogen-bond acceptors (Lipinski definition) is 5. The molecule has 3 aromatic rings. The topological polar surface area (TPSA) is 63.9 Å². The van der Waals surface area contributed by atoms with Crippen molar-refractivity contribution in [3.05, 3.63) is 60.4 Å². The summed E-state index contributed by atoms with van der Waals surface area (Å²) < 4.78 is 2.11. The molecule has 32 heavy (non-hydrogen) atoms. The fourth-order valence-corrected chi connectivity index (χ4v) is 5.90. The molecule has 6 nitrogen and oxygen atoms in total. The molecule has 7 heteroatoms. The lowest BCUT2D eigenvalue weighted by Crippen LogP contribution is -2.45. The molecule has 3 heterocycles. The van der Waals surface area contributed by atoms with Crippen LogP contribution in [-0.4, -0.2) is 49.4 Å². The van der Waals surface area contributed by atoms with Crippen LogP contribution in [0.2, 0.25) is 0 Å². The van der Waals surface area contributed by atoms with Gasteiger partial charge in [0.25, 0.3) is 0 Å². The van der Waals surface area contributed by atoms with E-state index in [1.165, 1.54) is 43.0 Å². The Hall–Kier alpha value is -2.67. The molecule has 1 aromatic carbocycles. The van der Waals surface area contributed by atoms with Crippen molar-refractivity contribution in [2.45, 2.75) is 43.8 Å². The molecular weight excluding hydrogens is 418 g/mol. The molecule has 0 bridgehead atoms. The van der Waals surface area contributed by atoms with E-state index in [4.69, 9.17) is 0 Å². The number of pyridine rings is 1. The molecule has 1 aliphatic carbocycles. The average Bonchev–Trinajstić information content (AvgIpc) is 3.25. The smallest absolute Gasteiger partial charge is 0.233 e. The van der Waals surface area contributed by atoms with Gasteiger partial charge in [0, 0.05) is 31.0 Å². The Labute approximate surface area is 193 Å². The number of aromatic nitrogens is 4. The summed E-state index contributed by atoms with van der Waals surface area (Å²) in [6, 6.07) is 14.2. The second-order valence-electron chi connectivity index (χ2n) is 8.84. The number of hydrogen-bond donors (Lipinski definition) is 0. The molecule has 166 valence electrons. The number of fused-ring (bicyclic) bond motifs is 1. The van der Waals surface area contributed by atoms with Crippen molar-refractivity contribution in [2.24, 2.45) is 11.8 Å². The molecular formula is C25H29N5OS. The van der Waals surface area contributed by atoms with Crippen molar-refractivity contribution in [3.63, 3.8) is 0 Å². The van der Waals surface area contributed by atoms with E-state index in [0.717, 1.165) is 42.0 Å². The predicted octanol–water partition coefficient (Wildman–Crippen LogP) is 4.52. The zero-order valence-electron chi connectivity index (χ0n) is 18.3. The number of carbonyl (C=O) groups excluding carboxylic acids is 1. The van der Waals surface area contributed by atoms with Crippen LogP contribution in [-0.2, 0) is 11.3 Å². The van der Waals surface area contributed by atoms with Crippen LogP contribution in [0.4, 0.5) is 0 Å². The second-order valence-corrected chi connectivity index (χ2v) is 9.78. The fourth-order valence-electron chi connectivity index (χ4n) is 5.06. The van der Waals surface area contributed by atoms with Crippen molar-refractivity contribution in [3.8, 4) is 11.4 Å². The maximum absolute atomic E-state index is 13.0. The van der Waals surface area contributed by atoms with Gasteiger partial charge in [0.15, 0.2) is 11.0 Å². The minimum atomic E-state index is 0.221. The Kier molecular flexibility index (Phi) is 6.53. The Morgan fingerprint density at radius 1 is 0.969 bits per heavy atom. The van der Waals surface area contributed by atoms with E-state index < -0.39 is 0 Å². The molecule has 1 aliphatic heterocycles. The lowest BCUT2D eigenvalue weighted by molar-refractivity contribution is -0.131. The van der Waals surface area contributed by atoms with Gasteiger partial charge >= 0.3 is 0 Å². The molecule has 0 unspecified atom stereocenters. The normalized spacial score (nSPS) is 20.7. The van der Waals surface area contributed by atoms with Gasteiger partial charge in [-0.1, -0.05) is 61.4 Å². The molecule has 1 saturated carbocycles. The van der Waals surface area contributed by atoms with Crippen LogP contribution in [0.25, 0.3) is 11.4 Å². The molecule has 0 N–H and O–H groups in total. The van der Waals surface area contributed by atoms with Crippen molar-refractivity contribution < 1.29 is 4.79 Å². The summed E-state index contributed by atoms with van der Waals surface area (Å²) in [5.41, 5.74) is 2.15. The number of nitrogens with zero attached hydrogens (tertiary/aromatic N) is 5. The summed E-state index contributed by atoms with van der Waals surface area (Å²) in [6.45, 7) is 2.50. The summed E-state index contributed by atoms with van der Waals surface area (Å²) in [7, 11) is 0. The first-order valence-electron chi connectivity index (χ1n) is 11.6. The standard InChI is InChI=1S/C25H29N5OS/c31-23(29-15-12-20-8-4-5-9-22(20)17-29)18-32-25-28-27-24(21-10-13-26-14-11-21)30(25)16-19-6-2-1-3-7-19/h1-3,6-7,10-11,13-14,20,22H,4-5,8-9,12,15-18H2/t20-,22+/m0/s1. The average molecular weight is 448 g/mol. The Morgan fingerprint density at radius 2 is 1.75 bits per heavy atom. The molecule has 2 fully saturated rings. The largest absolute Gasteiger partial charge is 0.342 e. The number of amides is 1. The van der Waals surface area contributed by atoms with Crippen molar-refractivity contribution in [2.75, 3.05) is 18.8 Å². The molecule has 5 rings (SSSR count). The van der Waals surface area contributed by atoms with Gasteiger partial charge in [-0.15, -0.1) is 10.2 Å². The van der Waals surface area contributed by atoms with Crippen molar-refractivity contribution >= 4 is 17.7 Å². The zero-order chi connectivity index (χ0) is 21.8. The van der Waals surface area contributed by atoms with Gasteiger partial charge < -0.3 is 4.90 Å². The minimum Gasteiger partial charge on any atom is -0.342 e. The molecule has 1 amide bonds. The number of piperidine rings is 1. The summed E-state index contributed by atoms with van der Waals surface area (Å²) in [5.74, 6) is 2.96. The van der Waals surface area contributed by atoms with Gasteiger partial charge in [0.1, 0.15) is 0 Å². The van der Waals surface area contributed by atoms with E-state index >= 15 is 0 Å². The maximum Gasteiger partial charge on any atom is 0.233 e. The van der Waals surface area contributed by atoms with E-state index in [1.54, 1.807) is 12.4 Å². The van der Waals surface area contributed by atoms with E-state index in [9.17, 15) is 4.79 Å². The van der Waals surface area contributed by atoms with Gasteiger partial charge in [-0.05, 0) is 42.4 Å². The van der Waals surface area contributed by atoms with E-state index in [2.05, 4.69) is 36.8 Å². The van der Waals surface area contributed by atoms with Crippen LogP contribution >= 0.6 is 11.8 Å². The summed E-state index contributed by atoms with van der Waals surface area (Å²) >= 11 is 1.50. The zero-order valence-corrected chi connectivity index (χ0v) is 19.1. The quantitative estimate of drug-likeness (QED) is 0.520. The summed E-state index contributed by atoms with van der Waals surface area (Å²) in [5, 5.41) is 9.70. The minimum absolute atomic E-state index is 0.221. The van der Waals surface area contributed by atoms with E-state index in [1.807, 2.05) is 30.3 Å². The lowest BCUT2D eigenvalue weighted by atomic mass is 9.75. The molecule has 0 radical (unpaired) electrons. The third-order valence-corrected chi connectivity index (χ3v) is 7.76. The third kappa shape index (κ3) is 4.72. The second kappa shape index (κ2) is 9.86. The fraction of sp³-hybridized carbons (Fsp3) is 0.440. The van der Waals surface area contributed by atoms with E-state index in [-0.39, 0.29) is 5.91 Å². The Balaban J connectivity index is 1.31. The van der Waals surface area contributed by atoms with Crippen LogP contribution < -0.4 is 0 Å². The monoisotopic (exact) mass is 447 g/mol. The van der Waals surface area contributed by atoms with E-state index in [0.29, 0.717) is 18.2 Å². The summed E-state index contributed by atoms with van der Waals surface area (Å²) in [6.07, 6.45) is 10.0. The molecule has 2 aromatic heterocycles. The van der Waals surface area contributed by atoms with Crippen LogP contribution in [0.5, 0.6) is 0 Å². The van der Waals surface area contributed by atoms with Crippen molar-refractivity contribution in [1.82, 2.24) is 24.6 Å². The van der Waals surface area contributed by atoms with Gasteiger partial charge in [0.05, 0.1) is 12.3 Å². The van der Waals surface area contributed by atoms with Gasteiger partial charge in [-0.2, -0.15) is 0 Å². The maximum atomic E-state index is 13.0. The highest BCUT2D eigenvalue weighted by molar-refractivity contribution is 7.99. The van der Waals surface area contributed by atoms with Crippen LogP contribution in [0, 0.1) is 11.8 Å². The van der Waals surface area contributed by atoms with Crippen molar-refractivity contribution in [1.29, 1.82) is 0 Å². The molecule has 2 atom stereocenters. The molecule has 2 aliphatic rings. The Bertz CT molecular complexity index is 1040. The van der Waals surface area contributed by atoms with Crippen LogP contribution in [0.15, 0.2) is 60.0 Å². The number of carbonyl (C=O) groups is 1. The number of benzene rings is 1. The first-order valence-corrected chi connectivity index (χ1v) is 12.5. The van der Waals surface area contributed by atoms with Crippen LogP contribution in [0.1, 0.15) is 37.7 Å². The lowest BCUT2D eigenvalue weighted by Gasteiger charge is -2.41. The third-order valence-electron chi connectivity index (χ3n) is 6.81. The number of likely N-dealkylation sites (tertiary alicyclic amines) is 1. The molecule has 1 saturated heterocycles. The predicted molar refractivity (Wildman–Crippen MR) is 126 cm³/mol. The highest BCUT2D eigenvalue weighted by atomic mass is 32.2. The van der Waals surface area contributed by atoms with Gasteiger partial charge in [0.2, 0.25) is 5.91 Å². The highest BCUT2D eigenvalue weighted by Crippen LogP contribution is 2.36. The number of rotatable bonds is 6. The van der Waals surface area contributed by atoms with Crippen LogP contribution in [0.3, 0.4) is 0 Å². The first-order chi connectivity index (χ1) is 15.8. The Morgan fingerprint density at radius 3 is 2.56 bits per heavy atom. The number of thioether (sulfide) groups is 1. The SMILES string of the molecule is O=C(CSc1nnc(-c2ccncc2)n1Cc1ccccc1)N1CC[C@@H]2CCCC[C@@H]2C1. The highest BCUT2D eigenvalue weighted by Gasteiger charge is 2.33. The summed E-state index contributed by atoms with van der Waals surface area (Å²) in [4.78, 5) is 19.2. The first kappa shape index (κ1) is 21.2.